The molecular weight excluding hydrogens is 233 g/mol. The van der Waals surface area contributed by atoms with Gasteiger partial charge in [0.2, 0.25) is 0 Å². The number of nitrogens with two attached hydrogens (primary N) is 1. The zero-order valence-electron chi connectivity index (χ0n) is 9.88. The van der Waals surface area contributed by atoms with Crippen molar-refractivity contribution in [1.82, 2.24) is 20.2 Å². The molecule has 1 aromatic heterocycles. The Kier molecular flexibility index (Phi) is 2.70. The summed E-state index contributed by atoms with van der Waals surface area (Å²) in [6.07, 6.45) is 4.43. The summed E-state index contributed by atoms with van der Waals surface area (Å²) < 4.78 is 15.6. The van der Waals surface area contributed by atoms with Gasteiger partial charge in [0.15, 0.2) is 5.82 Å². The van der Waals surface area contributed by atoms with Crippen LogP contribution in [0.15, 0.2) is 18.2 Å². The molecule has 18 heavy (non-hydrogen) atoms. The van der Waals surface area contributed by atoms with Crippen molar-refractivity contribution in [1.29, 1.82) is 0 Å². The van der Waals surface area contributed by atoms with Crippen LogP contribution in [0.4, 0.5) is 10.1 Å². The van der Waals surface area contributed by atoms with Crippen LogP contribution >= 0.6 is 0 Å². The highest BCUT2D eigenvalue weighted by Gasteiger charge is 2.23. The maximum atomic E-state index is 13.8. The van der Waals surface area contributed by atoms with Crippen molar-refractivity contribution in [3.05, 3.63) is 24.0 Å². The smallest absolute Gasteiger partial charge is 0.185 e. The molecule has 0 bridgehead atoms. The molecule has 2 aromatic rings. The molecule has 1 fully saturated rings. The minimum Gasteiger partial charge on any atom is -0.399 e. The topological polar surface area (TPSA) is 69.6 Å². The van der Waals surface area contributed by atoms with Crippen molar-refractivity contribution in [2.75, 3.05) is 5.73 Å². The van der Waals surface area contributed by atoms with Gasteiger partial charge in [-0.15, -0.1) is 5.10 Å². The number of aromatic nitrogens is 4. The Labute approximate surface area is 104 Å². The molecule has 0 unspecified atom stereocenters. The predicted molar refractivity (Wildman–Crippen MR) is 65.1 cm³/mol. The monoisotopic (exact) mass is 247 g/mol. The zero-order valence-corrected chi connectivity index (χ0v) is 9.88. The molecule has 1 aromatic carbocycles. The zero-order chi connectivity index (χ0) is 12.5. The molecule has 3 rings (SSSR count). The van der Waals surface area contributed by atoms with Crippen molar-refractivity contribution in [2.45, 2.75) is 31.7 Å². The van der Waals surface area contributed by atoms with Crippen LogP contribution in [0.3, 0.4) is 0 Å². The molecule has 1 saturated carbocycles. The fourth-order valence-electron chi connectivity index (χ4n) is 2.48. The summed E-state index contributed by atoms with van der Waals surface area (Å²) in [5.41, 5.74) is 6.57. The van der Waals surface area contributed by atoms with Crippen molar-refractivity contribution in [3.63, 3.8) is 0 Å². The second-order valence-electron chi connectivity index (χ2n) is 4.62. The van der Waals surface area contributed by atoms with Crippen LogP contribution in [-0.4, -0.2) is 20.2 Å². The van der Waals surface area contributed by atoms with Gasteiger partial charge in [0.1, 0.15) is 5.82 Å². The molecule has 6 heteroatoms. The third-order valence-electron chi connectivity index (χ3n) is 3.39. The van der Waals surface area contributed by atoms with E-state index in [1.807, 2.05) is 0 Å². The largest absolute Gasteiger partial charge is 0.399 e. The van der Waals surface area contributed by atoms with Crippen LogP contribution in [0, 0.1) is 5.82 Å². The molecule has 1 heterocycles. The fourth-order valence-corrected chi connectivity index (χ4v) is 2.48. The van der Waals surface area contributed by atoms with Gasteiger partial charge >= 0.3 is 0 Å². The van der Waals surface area contributed by atoms with E-state index in [-0.39, 0.29) is 11.9 Å². The van der Waals surface area contributed by atoms with Crippen LogP contribution < -0.4 is 5.73 Å². The van der Waals surface area contributed by atoms with E-state index < -0.39 is 0 Å². The van der Waals surface area contributed by atoms with E-state index in [9.17, 15) is 4.39 Å². The van der Waals surface area contributed by atoms with Gasteiger partial charge in [-0.05, 0) is 41.5 Å². The number of nitrogen functional groups attached to an aromatic ring is 1. The van der Waals surface area contributed by atoms with Gasteiger partial charge < -0.3 is 5.73 Å². The maximum absolute atomic E-state index is 13.8. The van der Waals surface area contributed by atoms with Gasteiger partial charge in [-0.25, -0.2) is 9.07 Å². The number of hydrogen-bond donors (Lipinski definition) is 1. The van der Waals surface area contributed by atoms with Crippen LogP contribution in [0.1, 0.15) is 31.7 Å². The Balaban J connectivity index is 2.06. The number of halogens is 1. The lowest BCUT2D eigenvalue weighted by Crippen LogP contribution is -2.09. The molecule has 94 valence electrons. The number of anilines is 1. The molecule has 0 saturated heterocycles. The second-order valence-corrected chi connectivity index (χ2v) is 4.62. The van der Waals surface area contributed by atoms with Crippen LogP contribution in [-0.2, 0) is 0 Å². The van der Waals surface area contributed by atoms with E-state index in [4.69, 9.17) is 5.73 Å². The molecule has 0 aliphatic heterocycles. The lowest BCUT2D eigenvalue weighted by molar-refractivity contribution is 0.457. The van der Waals surface area contributed by atoms with Crippen molar-refractivity contribution in [3.8, 4) is 11.4 Å². The van der Waals surface area contributed by atoms with Crippen molar-refractivity contribution >= 4 is 5.69 Å². The molecule has 5 nitrogen and oxygen atoms in total. The second kappa shape index (κ2) is 4.36. The highest BCUT2D eigenvalue weighted by Crippen LogP contribution is 2.32. The first-order chi connectivity index (χ1) is 8.75. The molecule has 0 radical (unpaired) electrons. The average molecular weight is 247 g/mol. The summed E-state index contributed by atoms with van der Waals surface area (Å²) in [7, 11) is 0. The molecule has 0 spiro atoms. The summed E-state index contributed by atoms with van der Waals surface area (Å²) in [5.74, 6) is 0.116. The van der Waals surface area contributed by atoms with E-state index in [1.54, 1.807) is 10.7 Å². The number of hydrogen-bond acceptors (Lipinski definition) is 4. The average Bonchev–Trinajstić information content (AvgIpc) is 3.00. The maximum Gasteiger partial charge on any atom is 0.185 e. The standard InChI is InChI=1S/C12H14FN5/c13-11-6-5-8(14)7-10(11)12-15-16-17-18(12)9-3-1-2-4-9/h5-7,9H,1-4,14H2. The molecule has 0 atom stereocenters. The summed E-state index contributed by atoms with van der Waals surface area (Å²) in [4.78, 5) is 0. The Morgan fingerprint density at radius 1 is 1.28 bits per heavy atom. The molecule has 1 aliphatic carbocycles. The first-order valence-corrected chi connectivity index (χ1v) is 6.09. The fraction of sp³-hybridized carbons (Fsp3) is 0.417. The first kappa shape index (κ1) is 11.1. The Hall–Kier alpha value is -1.98. The number of nitrogens with zero attached hydrogens (tertiary/aromatic N) is 4. The third kappa shape index (κ3) is 1.83. The van der Waals surface area contributed by atoms with E-state index in [0.29, 0.717) is 17.1 Å². The predicted octanol–water partition coefficient (Wildman–Crippen LogP) is 2.18. The number of benzene rings is 1. The van der Waals surface area contributed by atoms with Gasteiger partial charge in [0.05, 0.1) is 11.6 Å². The highest BCUT2D eigenvalue weighted by atomic mass is 19.1. The highest BCUT2D eigenvalue weighted by molar-refractivity contribution is 5.61. The summed E-state index contributed by atoms with van der Waals surface area (Å²) >= 11 is 0. The van der Waals surface area contributed by atoms with Gasteiger partial charge in [-0.2, -0.15) is 0 Å². The van der Waals surface area contributed by atoms with Crippen LogP contribution in [0.5, 0.6) is 0 Å². The number of rotatable bonds is 2. The normalized spacial score (nSPS) is 16.3. The minimum atomic E-state index is -0.349. The van der Waals surface area contributed by atoms with Gasteiger partial charge in [0, 0.05) is 5.69 Å². The lowest BCUT2D eigenvalue weighted by atomic mass is 10.1. The summed E-state index contributed by atoms with van der Waals surface area (Å²) in [6.45, 7) is 0. The van der Waals surface area contributed by atoms with E-state index in [1.165, 1.54) is 25.0 Å². The minimum absolute atomic E-state index is 0.274. The van der Waals surface area contributed by atoms with Crippen molar-refractivity contribution in [2.24, 2.45) is 0 Å². The van der Waals surface area contributed by atoms with E-state index >= 15 is 0 Å². The summed E-state index contributed by atoms with van der Waals surface area (Å²) in [6, 6.07) is 4.73. The molecule has 1 aliphatic rings. The van der Waals surface area contributed by atoms with Gasteiger partial charge in [0.25, 0.3) is 0 Å². The number of tetrazole rings is 1. The van der Waals surface area contributed by atoms with Crippen molar-refractivity contribution < 1.29 is 4.39 Å². The van der Waals surface area contributed by atoms with E-state index in [0.717, 1.165) is 12.8 Å². The van der Waals surface area contributed by atoms with E-state index in [2.05, 4.69) is 15.5 Å². The SMILES string of the molecule is Nc1ccc(F)c(-c2nnnn2C2CCCC2)c1. The molecule has 0 amide bonds. The molecular formula is C12H14FN5. The Bertz CT molecular complexity index is 559. The summed E-state index contributed by atoms with van der Waals surface area (Å²) in [5, 5.41) is 11.6. The quantitative estimate of drug-likeness (QED) is 0.826. The Morgan fingerprint density at radius 3 is 2.83 bits per heavy atom. The van der Waals surface area contributed by atoms with Gasteiger partial charge in [-0.1, -0.05) is 12.8 Å². The first-order valence-electron chi connectivity index (χ1n) is 6.09. The lowest BCUT2D eigenvalue weighted by Gasteiger charge is -2.11. The molecule has 2 N–H and O–H groups in total. The Morgan fingerprint density at radius 2 is 2.06 bits per heavy atom. The van der Waals surface area contributed by atoms with Crippen LogP contribution in [0.2, 0.25) is 0 Å². The van der Waals surface area contributed by atoms with Gasteiger partial charge in [-0.3, -0.25) is 0 Å². The third-order valence-corrected chi connectivity index (χ3v) is 3.39. The van der Waals surface area contributed by atoms with Crippen LogP contribution in [0.25, 0.3) is 11.4 Å².